The Bertz CT molecular complexity index is 459. The first kappa shape index (κ1) is 15.1. The molecule has 0 heterocycles. The maximum absolute atomic E-state index is 12.7. The molecule has 0 aliphatic heterocycles. The van der Waals surface area contributed by atoms with E-state index in [-0.39, 0.29) is 5.82 Å². The summed E-state index contributed by atoms with van der Waals surface area (Å²) < 4.78 is 38.7. The zero-order chi connectivity index (χ0) is 13.6. The molecule has 0 saturated carbocycles. The molecule has 102 valence electrons. The van der Waals surface area contributed by atoms with Gasteiger partial charge in [0.05, 0.1) is 5.25 Å². The maximum Gasteiger partial charge on any atom is 0.215 e. The molecule has 0 aliphatic carbocycles. The summed E-state index contributed by atoms with van der Waals surface area (Å²) in [6.07, 6.45) is 0.547. The fraction of sp³-hybridized carbons (Fsp3) is 0.500. The van der Waals surface area contributed by atoms with Crippen molar-refractivity contribution in [3.63, 3.8) is 0 Å². The van der Waals surface area contributed by atoms with E-state index in [0.717, 1.165) is 5.56 Å². The molecule has 0 saturated heterocycles. The highest BCUT2D eigenvalue weighted by Gasteiger charge is 2.18. The number of hydrogen-bond acceptors (Lipinski definition) is 3. The first-order valence-corrected chi connectivity index (χ1v) is 7.38. The molecule has 0 fully saturated rings. The molecule has 0 aromatic heterocycles. The van der Waals surface area contributed by atoms with E-state index in [0.29, 0.717) is 19.5 Å². The van der Waals surface area contributed by atoms with E-state index in [1.807, 2.05) is 0 Å². The quantitative estimate of drug-likeness (QED) is 0.776. The molecular formula is C12H19FN2O2S. The van der Waals surface area contributed by atoms with E-state index in [9.17, 15) is 12.8 Å². The molecule has 1 aromatic carbocycles. The second-order valence-corrected chi connectivity index (χ2v) is 6.37. The summed E-state index contributed by atoms with van der Waals surface area (Å²) in [6.45, 7) is 2.38. The number of halogens is 1. The first-order valence-electron chi connectivity index (χ1n) is 5.83. The molecule has 1 unspecified atom stereocenters. The van der Waals surface area contributed by atoms with Gasteiger partial charge >= 0.3 is 0 Å². The molecule has 0 aliphatic rings. The van der Waals surface area contributed by atoms with Crippen LogP contribution < -0.4 is 10.0 Å². The van der Waals surface area contributed by atoms with Gasteiger partial charge in [-0.2, -0.15) is 0 Å². The van der Waals surface area contributed by atoms with E-state index in [4.69, 9.17) is 0 Å². The Morgan fingerprint density at radius 3 is 2.44 bits per heavy atom. The lowest BCUT2D eigenvalue weighted by Gasteiger charge is -2.13. The zero-order valence-electron chi connectivity index (χ0n) is 10.6. The molecule has 2 N–H and O–H groups in total. The van der Waals surface area contributed by atoms with Gasteiger partial charge in [-0.25, -0.2) is 17.5 Å². The lowest BCUT2D eigenvalue weighted by Crippen LogP contribution is -2.38. The minimum Gasteiger partial charge on any atom is -0.318 e. The highest BCUT2D eigenvalue weighted by molar-refractivity contribution is 7.90. The summed E-state index contributed by atoms with van der Waals surface area (Å²) in [5.41, 5.74) is 0.903. The van der Waals surface area contributed by atoms with Crippen molar-refractivity contribution < 1.29 is 12.8 Å². The Hall–Kier alpha value is -0.980. The third-order valence-corrected chi connectivity index (χ3v) is 4.48. The van der Waals surface area contributed by atoms with Gasteiger partial charge < -0.3 is 5.32 Å². The van der Waals surface area contributed by atoms with Crippen molar-refractivity contribution in [2.45, 2.75) is 18.6 Å². The van der Waals surface area contributed by atoms with Crippen molar-refractivity contribution in [3.8, 4) is 0 Å². The molecule has 18 heavy (non-hydrogen) atoms. The van der Waals surface area contributed by atoms with E-state index in [2.05, 4.69) is 10.0 Å². The highest BCUT2D eigenvalue weighted by Crippen LogP contribution is 2.03. The summed E-state index contributed by atoms with van der Waals surface area (Å²) in [5.74, 6) is -0.290. The molecule has 1 rings (SSSR count). The van der Waals surface area contributed by atoms with E-state index < -0.39 is 15.3 Å². The second kappa shape index (κ2) is 6.82. The Kier molecular flexibility index (Phi) is 5.71. The average Bonchev–Trinajstić information content (AvgIpc) is 2.32. The Labute approximate surface area is 108 Å². The van der Waals surface area contributed by atoms with Gasteiger partial charge in [0, 0.05) is 13.1 Å². The van der Waals surface area contributed by atoms with Gasteiger partial charge in [0.2, 0.25) is 10.0 Å². The van der Waals surface area contributed by atoms with Crippen LogP contribution in [0.3, 0.4) is 0 Å². The van der Waals surface area contributed by atoms with Gasteiger partial charge in [-0.3, -0.25) is 0 Å². The van der Waals surface area contributed by atoms with Gasteiger partial charge in [-0.1, -0.05) is 12.1 Å². The SMILES string of the molecule is CNCC(C)S(=O)(=O)NCCc1ccc(F)cc1. The predicted octanol–water partition coefficient (Wildman–Crippen LogP) is 0.895. The molecule has 6 heteroatoms. The molecule has 0 spiro atoms. The second-order valence-electron chi connectivity index (χ2n) is 4.18. The minimum atomic E-state index is -3.29. The van der Waals surface area contributed by atoms with Gasteiger partial charge in [0.1, 0.15) is 5.82 Å². The van der Waals surface area contributed by atoms with Crippen LogP contribution in [-0.2, 0) is 16.4 Å². The lowest BCUT2D eigenvalue weighted by atomic mass is 10.1. The van der Waals surface area contributed by atoms with Crippen molar-refractivity contribution in [1.29, 1.82) is 0 Å². The Balaban J connectivity index is 2.44. The van der Waals surface area contributed by atoms with E-state index in [1.54, 1.807) is 26.1 Å². The highest BCUT2D eigenvalue weighted by atomic mass is 32.2. The molecule has 4 nitrogen and oxygen atoms in total. The maximum atomic E-state index is 12.7. The summed E-state index contributed by atoms with van der Waals surface area (Å²) in [6, 6.07) is 6.04. The number of hydrogen-bond donors (Lipinski definition) is 2. The van der Waals surface area contributed by atoms with Crippen molar-refractivity contribution in [3.05, 3.63) is 35.6 Å². The molecule has 1 aromatic rings. The number of benzene rings is 1. The zero-order valence-corrected chi connectivity index (χ0v) is 11.4. The van der Waals surface area contributed by atoms with Crippen LogP contribution in [-0.4, -0.2) is 33.8 Å². The van der Waals surface area contributed by atoms with Crippen LogP contribution in [0.2, 0.25) is 0 Å². The van der Waals surface area contributed by atoms with Crippen molar-refractivity contribution >= 4 is 10.0 Å². The molecule has 0 radical (unpaired) electrons. The van der Waals surface area contributed by atoms with Gasteiger partial charge in [0.25, 0.3) is 0 Å². The van der Waals surface area contributed by atoms with Gasteiger partial charge in [-0.05, 0) is 38.1 Å². The smallest absolute Gasteiger partial charge is 0.215 e. The topological polar surface area (TPSA) is 58.2 Å². The summed E-state index contributed by atoms with van der Waals surface area (Å²) >= 11 is 0. The number of nitrogens with one attached hydrogen (secondary N) is 2. The largest absolute Gasteiger partial charge is 0.318 e. The Morgan fingerprint density at radius 1 is 1.28 bits per heavy atom. The van der Waals surface area contributed by atoms with Crippen LogP contribution in [0, 0.1) is 5.82 Å². The number of rotatable bonds is 7. The molecular weight excluding hydrogens is 255 g/mol. The van der Waals surface area contributed by atoms with Crippen molar-refractivity contribution in [2.24, 2.45) is 0 Å². The molecule has 1 atom stereocenters. The summed E-state index contributed by atoms with van der Waals surface area (Å²) in [5, 5.41) is 2.35. The monoisotopic (exact) mass is 274 g/mol. The van der Waals surface area contributed by atoms with E-state index in [1.165, 1.54) is 12.1 Å². The number of sulfonamides is 1. The van der Waals surface area contributed by atoms with Gasteiger partial charge in [-0.15, -0.1) is 0 Å². The van der Waals surface area contributed by atoms with Crippen LogP contribution >= 0.6 is 0 Å². The summed E-state index contributed by atoms with van der Waals surface area (Å²) in [7, 11) is -1.57. The van der Waals surface area contributed by atoms with Crippen LogP contribution in [0.15, 0.2) is 24.3 Å². The Morgan fingerprint density at radius 2 is 1.89 bits per heavy atom. The normalized spacial score (nSPS) is 13.5. The average molecular weight is 274 g/mol. The molecule has 0 amide bonds. The third-order valence-electron chi connectivity index (χ3n) is 2.65. The van der Waals surface area contributed by atoms with Crippen LogP contribution in [0.1, 0.15) is 12.5 Å². The van der Waals surface area contributed by atoms with Crippen molar-refractivity contribution in [1.82, 2.24) is 10.0 Å². The fourth-order valence-electron chi connectivity index (χ4n) is 1.53. The van der Waals surface area contributed by atoms with E-state index >= 15 is 0 Å². The fourth-order valence-corrected chi connectivity index (χ4v) is 2.59. The third kappa shape index (κ3) is 4.72. The van der Waals surface area contributed by atoms with Crippen LogP contribution in [0.5, 0.6) is 0 Å². The van der Waals surface area contributed by atoms with Crippen LogP contribution in [0.4, 0.5) is 4.39 Å². The van der Waals surface area contributed by atoms with Crippen molar-refractivity contribution in [2.75, 3.05) is 20.1 Å². The van der Waals surface area contributed by atoms with Crippen LogP contribution in [0.25, 0.3) is 0 Å². The lowest BCUT2D eigenvalue weighted by molar-refractivity contribution is 0.563. The standard InChI is InChI=1S/C12H19FN2O2S/c1-10(9-14-2)18(16,17)15-8-7-11-3-5-12(13)6-4-11/h3-6,10,14-15H,7-9H2,1-2H3. The van der Waals surface area contributed by atoms with Gasteiger partial charge in [0.15, 0.2) is 0 Å². The predicted molar refractivity (Wildman–Crippen MR) is 70.4 cm³/mol. The summed E-state index contributed by atoms with van der Waals surface area (Å²) in [4.78, 5) is 0. The minimum absolute atomic E-state index is 0.290. The first-order chi connectivity index (χ1) is 8.45. The molecule has 0 bridgehead atoms.